The summed E-state index contributed by atoms with van der Waals surface area (Å²) in [5, 5.41) is 18.4. The monoisotopic (exact) mass is 1050 g/mol. The molecule has 0 aliphatic carbocycles. The zero-order valence-corrected chi connectivity index (χ0v) is 50.1. The molecule has 1 saturated heterocycles. The van der Waals surface area contributed by atoms with Crippen molar-refractivity contribution in [3.8, 4) is 0 Å². The average Bonchev–Trinajstić information content (AvgIpc) is 3.41. The molecule has 1 fully saturated rings. The third kappa shape index (κ3) is 43.7. The van der Waals surface area contributed by atoms with Gasteiger partial charge < -0.3 is 29.5 Å². The SMILES string of the molecule is CCCCCCCCC(CCCCCC)C(=O)OCCCCCCN(CCCCCCOC(=O)C(CCCCCC)CCCCCCCC)CCN1CCN(CCN(CCCCCCO)CCCCCCO)CC1. The van der Waals surface area contributed by atoms with Gasteiger partial charge >= 0.3 is 11.9 Å². The summed E-state index contributed by atoms with van der Waals surface area (Å²) >= 11 is 0. The van der Waals surface area contributed by atoms with Gasteiger partial charge in [-0.15, -0.1) is 0 Å². The van der Waals surface area contributed by atoms with Crippen LogP contribution in [-0.2, 0) is 19.1 Å². The fourth-order valence-corrected chi connectivity index (χ4v) is 11.0. The minimum Gasteiger partial charge on any atom is -0.465 e. The van der Waals surface area contributed by atoms with Crippen LogP contribution in [0.1, 0.15) is 285 Å². The molecule has 1 rings (SSSR count). The van der Waals surface area contributed by atoms with Gasteiger partial charge in [0.05, 0.1) is 25.0 Å². The Kier molecular flexibility index (Phi) is 52.6. The van der Waals surface area contributed by atoms with Crippen molar-refractivity contribution in [2.45, 2.75) is 285 Å². The first-order valence-corrected chi connectivity index (χ1v) is 32.9. The molecule has 2 unspecified atom stereocenters. The summed E-state index contributed by atoms with van der Waals surface area (Å²) in [6, 6.07) is 0. The smallest absolute Gasteiger partial charge is 0.308 e. The quantitative estimate of drug-likeness (QED) is 0.0452. The number of rotatable bonds is 58. The number of carbonyl (C=O) groups is 2. The van der Waals surface area contributed by atoms with Gasteiger partial charge in [-0.3, -0.25) is 19.4 Å². The highest BCUT2D eigenvalue weighted by Gasteiger charge is 2.22. The van der Waals surface area contributed by atoms with Crippen LogP contribution in [0, 0.1) is 11.8 Å². The second-order valence-corrected chi connectivity index (χ2v) is 23.0. The predicted molar refractivity (Wildman–Crippen MR) is 316 cm³/mol. The van der Waals surface area contributed by atoms with Gasteiger partial charge in [0, 0.05) is 65.6 Å². The highest BCUT2D eigenvalue weighted by Crippen LogP contribution is 2.23. The second kappa shape index (κ2) is 55.0. The van der Waals surface area contributed by atoms with Gasteiger partial charge in [0.15, 0.2) is 0 Å². The summed E-state index contributed by atoms with van der Waals surface area (Å²) < 4.78 is 11.9. The number of aliphatic hydroxyl groups excluding tert-OH is 2. The number of hydrogen-bond acceptors (Lipinski definition) is 10. The lowest BCUT2D eigenvalue weighted by Crippen LogP contribution is -2.50. The molecule has 0 amide bonds. The Bertz CT molecular complexity index is 1100. The van der Waals surface area contributed by atoms with Crippen molar-refractivity contribution >= 4 is 11.9 Å². The minimum atomic E-state index is 0.0650. The number of hydrogen-bond donors (Lipinski definition) is 2. The zero-order valence-electron chi connectivity index (χ0n) is 50.1. The Morgan fingerprint density at radius 3 is 0.919 bits per heavy atom. The molecule has 440 valence electrons. The van der Waals surface area contributed by atoms with Crippen molar-refractivity contribution in [2.24, 2.45) is 11.8 Å². The molecule has 0 spiro atoms. The maximum atomic E-state index is 13.2. The van der Waals surface area contributed by atoms with E-state index in [1.54, 1.807) is 0 Å². The molecule has 10 nitrogen and oxygen atoms in total. The molecule has 1 aliphatic heterocycles. The maximum absolute atomic E-state index is 13.2. The van der Waals surface area contributed by atoms with E-state index in [2.05, 4.69) is 47.3 Å². The Labute approximate surface area is 460 Å². The van der Waals surface area contributed by atoms with Crippen LogP contribution in [0.4, 0.5) is 0 Å². The van der Waals surface area contributed by atoms with Gasteiger partial charge in [-0.25, -0.2) is 0 Å². The van der Waals surface area contributed by atoms with Crippen LogP contribution in [0.2, 0.25) is 0 Å². The van der Waals surface area contributed by atoms with Crippen LogP contribution in [0.15, 0.2) is 0 Å². The van der Waals surface area contributed by atoms with E-state index in [4.69, 9.17) is 9.47 Å². The van der Waals surface area contributed by atoms with E-state index in [0.717, 1.165) is 181 Å². The first-order valence-electron chi connectivity index (χ1n) is 32.9. The van der Waals surface area contributed by atoms with Crippen LogP contribution in [-0.4, -0.2) is 147 Å². The normalized spacial score (nSPS) is 14.4. The molecular formula is C64H128N4O6. The zero-order chi connectivity index (χ0) is 53.6. The van der Waals surface area contributed by atoms with Crippen LogP contribution in [0.5, 0.6) is 0 Å². The maximum Gasteiger partial charge on any atom is 0.308 e. The lowest BCUT2D eigenvalue weighted by Gasteiger charge is -2.37. The fraction of sp³-hybridized carbons (Fsp3) is 0.969. The Hall–Kier alpha value is -1.30. The largest absolute Gasteiger partial charge is 0.465 e. The first-order chi connectivity index (χ1) is 36.4. The minimum absolute atomic E-state index is 0.0650. The lowest BCUT2D eigenvalue weighted by molar-refractivity contribution is -0.150. The number of piperazine rings is 1. The Morgan fingerprint density at radius 2 is 0.608 bits per heavy atom. The molecule has 1 aliphatic rings. The summed E-state index contributed by atoms with van der Waals surface area (Å²) in [6.07, 6.45) is 46.7. The summed E-state index contributed by atoms with van der Waals surface area (Å²) in [5.41, 5.74) is 0. The number of aliphatic hydroxyl groups is 2. The molecule has 0 radical (unpaired) electrons. The molecule has 0 saturated carbocycles. The molecular weight excluding hydrogens is 921 g/mol. The van der Waals surface area contributed by atoms with Crippen molar-refractivity contribution < 1.29 is 29.3 Å². The van der Waals surface area contributed by atoms with Crippen LogP contribution < -0.4 is 0 Å². The molecule has 0 aromatic carbocycles. The summed E-state index contributed by atoms with van der Waals surface area (Å²) in [6.45, 7) is 24.5. The lowest BCUT2D eigenvalue weighted by atomic mass is 9.94. The molecule has 0 aromatic rings. The van der Waals surface area contributed by atoms with Gasteiger partial charge in [0.1, 0.15) is 0 Å². The van der Waals surface area contributed by atoms with Crippen molar-refractivity contribution in [1.29, 1.82) is 0 Å². The number of unbranched alkanes of at least 4 members (excludes halogenated alkanes) is 28. The van der Waals surface area contributed by atoms with E-state index in [9.17, 15) is 19.8 Å². The number of esters is 2. The van der Waals surface area contributed by atoms with Crippen molar-refractivity contribution in [2.75, 3.05) is 105 Å². The third-order valence-corrected chi connectivity index (χ3v) is 16.2. The molecule has 0 aromatic heterocycles. The first kappa shape index (κ1) is 70.7. The van der Waals surface area contributed by atoms with Gasteiger partial charge in [0.2, 0.25) is 0 Å². The average molecular weight is 1050 g/mol. The van der Waals surface area contributed by atoms with Crippen LogP contribution >= 0.6 is 0 Å². The molecule has 2 N–H and O–H groups in total. The van der Waals surface area contributed by atoms with Gasteiger partial charge in [-0.1, -0.05) is 207 Å². The van der Waals surface area contributed by atoms with E-state index in [0.29, 0.717) is 26.4 Å². The molecule has 1 heterocycles. The van der Waals surface area contributed by atoms with Crippen LogP contribution in [0.25, 0.3) is 0 Å². The highest BCUT2D eigenvalue weighted by atomic mass is 16.5. The van der Waals surface area contributed by atoms with Gasteiger partial charge in [-0.05, 0) is 103 Å². The van der Waals surface area contributed by atoms with E-state index < -0.39 is 0 Å². The Morgan fingerprint density at radius 1 is 0.351 bits per heavy atom. The topological polar surface area (TPSA) is 106 Å². The molecule has 2 atom stereocenters. The molecule has 74 heavy (non-hydrogen) atoms. The van der Waals surface area contributed by atoms with Gasteiger partial charge in [-0.2, -0.15) is 0 Å². The van der Waals surface area contributed by atoms with Gasteiger partial charge in [0.25, 0.3) is 0 Å². The molecule has 0 bridgehead atoms. The molecule has 10 heteroatoms. The standard InChI is InChI=1S/C64H128N4O6/c1-5-9-13-17-19-31-43-61(41-29-15-11-7-3)63(71)73-59-39-27-23-35-47-66(48-36-24-28-40-60-74-64(72)62(42-30-16-12-8-4)44-32-20-18-14-10-6-2)50-52-68-55-53-67(54-56-68)51-49-65(45-33-21-25-37-57-69)46-34-22-26-38-58-70/h61-62,69-70H,5-60H2,1-4H3. The Balaban J connectivity index is 2.67. The van der Waals surface area contributed by atoms with Crippen molar-refractivity contribution in [3.63, 3.8) is 0 Å². The van der Waals surface area contributed by atoms with E-state index in [1.807, 2.05) is 0 Å². The van der Waals surface area contributed by atoms with E-state index in [-0.39, 0.29) is 23.8 Å². The highest BCUT2D eigenvalue weighted by molar-refractivity contribution is 5.72. The number of ether oxygens (including phenoxy) is 2. The van der Waals surface area contributed by atoms with E-state index >= 15 is 0 Å². The van der Waals surface area contributed by atoms with Crippen molar-refractivity contribution in [3.05, 3.63) is 0 Å². The third-order valence-electron chi connectivity index (χ3n) is 16.2. The number of carbonyl (C=O) groups excluding carboxylic acids is 2. The summed E-state index contributed by atoms with van der Waals surface area (Å²) in [7, 11) is 0. The number of nitrogens with zero attached hydrogens (tertiary/aromatic N) is 4. The summed E-state index contributed by atoms with van der Waals surface area (Å²) in [5.74, 6) is 0.295. The van der Waals surface area contributed by atoms with E-state index in [1.165, 1.54) is 154 Å². The fourth-order valence-electron chi connectivity index (χ4n) is 11.0. The second-order valence-electron chi connectivity index (χ2n) is 23.0. The van der Waals surface area contributed by atoms with Crippen molar-refractivity contribution in [1.82, 2.24) is 19.6 Å². The van der Waals surface area contributed by atoms with Crippen LogP contribution in [0.3, 0.4) is 0 Å². The summed E-state index contributed by atoms with van der Waals surface area (Å²) in [4.78, 5) is 37.3. The predicted octanol–water partition coefficient (Wildman–Crippen LogP) is 15.2.